The van der Waals surface area contributed by atoms with Gasteiger partial charge in [-0.1, -0.05) is 24.6 Å². The van der Waals surface area contributed by atoms with Crippen LogP contribution in [0, 0.1) is 6.92 Å². The fraction of sp³-hybridized carbons (Fsp3) is 0.462. The average molecular weight is 240 g/mol. The molecule has 3 heteroatoms. The first-order chi connectivity index (χ1) is 7.69. The van der Waals surface area contributed by atoms with Gasteiger partial charge in [0, 0.05) is 24.5 Å². The molecule has 0 N–H and O–H groups in total. The molecule has 0 unspecified atom stereocenters. The first kappa shape index (κ1) is 13.0. The minimum atomic E-state index is 0.0718. The van der Waals surface area contributed by atoms with Crippen molar-refractivity contribution in [1.29, 1.82) is 0 Å². The molecule has 0 heterocycles. The maximum absolute atomic E-state index is 12.1. The number of carbonyl (C=O) groups excluding carboxylic acids is 1. The number of benzene rings is 1. The molecule has 0 saturated carbocycles. The van der Waals surface area contributed by atoms with E-state index in [2.05, 4.69) is 6.92 Å². The predicted molar refractivity (Wildman–Crippen MR) is 68.1 cm³/mol. The summed E-state index contributed by atoms with van der Waals surface area (Å²) in [6.07, 6.45) is 0.953. The Morgan fingerprint density at radius 3 is 2.38 bits per heavy atom. The van der Waals surface area contributed by atoms with E-state index < -0.39 is 0 Å². The summed E-state index contributed by atoms with van der Waals surface area (Å²) in [7, 11) is 0. The molecule has 0 bridgehead atoms. The normalized spacial score (nSPS) is 10.2. The molecule has 16 heavy (non-hydrogen) atoms. The lowest BCUT2D eigenvalue weighted by Gasteiger charge is -2.21. The topological polar surface area (TPSA) is 20.3 Å². The number of halogens is 1. The average Bonchev–Trinajstić information content (AvgIpc) is 2.29. The number of aryl methyl sites for hydroxylation is 1. The molecule has 0 saturated heterocycles. The maximum Gasteiger partial charge on any atom is 0.253 e. The minimum Gasteiger partial charge on any atom is -0.337 e. The van der Waals surface area contributed by atoms with E-state index >= 15 is 0 Å². The van der Waals surface area contributed by atoms with Crippen LogP contribution in [0.3, 0.4) is 0 Å². The van der Waals surface area contributed by atoms with Gasteiger partial charge < -0.3 is 4.90 Å². The largest absolute Gasteiger partial charge is 0.337 e. The third kappa shape index (κ3) is 3.53. The fourth-order valence-corrected chi connectivity index (χ4v) is 1.77. The van der Waals surface area contributed by atoms with E-state index in [0.717, 1.165) is 24.1 Å². The number of carbonyl (C=O) groups is 1. The Balaban J connectivity index is 2.77. The van der Waals surface area contributed by atoms with E-state index in [9.17, 15) is 4.79 Å². The first-order valence-corrected chi connectivity index (χ1v) is 6.14. The summed E-state index contributed by atoms with van der Waals surface area (Å²) in [5.74, 6) is 0.555. The molecule has 88 valence electrons. The van der Waals surface area contributed by atoms with E-state index in [-0.39, 0.29) is 5.91 Å². The molecular weight excluding hydrogens is 222 g/mol. The van der Waals surface area contributed by atoms with Crippen LogP contribution in [-0.2, 0) is 0 Å². The Bertz CT molecular complexity index is 328. The highest BCUT2D eigenvalue weighted by atomic mass is 35.5. The van der Waals surface area contributed by atoms with E-state index in [1.165, 1.54) is 0 Å². The Kier molecular flexibility index (Phi) is 5.33. The highest BCUT2D eigenvalue weighted by molar-refractivity contribution is 6.18. The van der Waals surface area contributed by atoms with Gasteiger partial charge in [0.2, 0.25) is 0 Å². The Morgan fingerprint density at radius 1 is 1.25 bits per heavy atom. The van der Waals surface area contributed by atoms with Crippen molar-refractivity contribution in [3.05, 3.63) is 35.4 Å². The molecular formula is C13H18ClNO. The summed E-state index contributed by atoms with van der Waals surface area (Å²) in [4.78, 5) is 13.9. The highest BCUT2D eigenvalue weighted by Gasteiger charge is 2.13. The van der Waals surface area contributed by atoms with Gasteiger partial charge >= 0.3 is 0 Å². The van der Waals surface area contributed by atoms with E-state index in [0.29, 0.717) is 12.4 Å². The molecule has 0 atom stereocenters. The van der Waals surface area contributed by atoms with Crippen LogP contribution in [0.4, 0.5) is 0 Å². The van der Waals surface area contributed by atoms with Crippen LogP contribution >= 0.6 is 11.6 Å². The monoisotopic (exact) mass is 239 g/mol. The third-order valence-electron chi connectivity index (χ3n) is 2.43. The first-order valence-electron chi connectivity index (χ1n) is 5.61. The molecule has 0 spiro atoms. The van der Waals surface area contributed by atoms with Crippen LogP contribution in [0.15, 0.2) is 24.3 Å². The van der Waals surface area contributed by atoms with E-state index in [1.54, 1.807) is 4.90 Å². The highest BCUT2D eigenvalue weighted by Crippen LogP contribution is 2.08. The van der Waals surface area contributed by atoms with Gasteiger partial charge in [-0.3, -0.25) is 4.79 Å². The van der Waals surface area contributed by atoms with Crippen molar-refractivity contribution in [2.45, 2.75) is 20.3 Å². The minimum absolute atomic E-state index is 0.0718. The van der Waals surface area contributed by atoms with Crippen LogP contribution in [0.2, 0.25) is 0 Å². The van der Waals surface area contributed by atoms with Crippen LogP contribution in [0.5, 0.6) is 0 Å². The second-order valence-electron chi connectivity index (χ2n) is 3.85. The predicted octanol–water partition coefficient (Wildman–Crippen LogP) is 3.09. The van der Waals surface area contributed by atoms with Crippen molar-refractivity contribution in [3.63, 3.8) is 0 Å². The molecule has 0 aliphatic rings. The van der Waals surface area contributed by atoms with Crippen LogP contribution in [-0.4, -0.2) is 29.8 Å². The molecule has 0 radical (unpaired) electrons. The lowest BCUT2D eigenvalue weighted by Crippen LogP contribution is -2.33. The number of amides is 1. The smallest absolute Gasteiger partial charge is 0.253 e. The second kappa shape index (κ2) is 6.54. The zero-order valence-electron chi connectivity index (χ0n) is 9.87. The summed E-state index contributed by atoms with van der Waals surface area (Å²) in [6.45, 7) is 5.45. The van der Waals surface area contributed by atoms with Crippen molar-refractivity contribution in [2.75, 3.05) is 19.0 Å². The van der Waals surface area contributed by atoms with Gasteiger partial charge in [0.05, 0.1) is 0 Å². The van der Waals surface area contributed by atoms with Gasteiger partial charge in [-0.2, -0.15) is 0 Å². The Morgan fingerprint density at radius 2 is 1.88 bits per heavy atom. The van der Waals surface area contributed by atoms with Gasteiger partial charge in [-0.05, 0) is 25.5 Å². The van der Waals surface area contributed by atoms with Gasteiger partial charge in [-0.15, -0.1) is 11.6 Å². The van der Waals surface area contributed by atoms with Crippen LogP contribution in [0.25, 0.3) is 0 Å². The van der Waals surface area contributed by atoms with Gasteiger partial charge in [0.15, 0.2) is 0 Å². The lowest BCUT2D eigenvalue weighted by atomic mass is 10.1. The molecule has 1 aromatic carbocycles. The van der Waals surface area contributed by atoms with Gasteiger partial charge in [0.25, 0.3) is 5.91 Å². The van der Waals surface area contributed by atoms with Crippen molar-refractivity contribution in [2.24, 2.45) is 0 Å². The Hall–Kier alpha value is -1.02. The van der Waals surface area contributed by atoms with Gasteiger partial charge in [0.1, 0.15) is 0 Å². The quantitative estimate of drug-likeness (QED) is 0.724. The van der Waals surface area contributed by atoms with Crippen molar-refractivity contribution in [1.82, 2.24) is 4.90 Å². The van der Waals surface area contributed by atoms with E-state index in [4.69, 9.17) is 11.6 Å². The summed E-state index contributed by atoms with van der Waals surface area (Å²) >= 11 is 5.69. The maximum atomic E-state index is 12.1. The number of nitrogens with zero attached hydrogens (tertiary/aromatic N) is 1. The Labute approximate surface area is 102 Å². The number of hydrogen-bond acceptors (Lipinski definition) is 1. The van der Waals surface area contributed by atoms with Gasteiger partial charge in [-0.25, -0.2) is 0 Å². The van der Waals surface area contributed by atoms with Crippen molar-refractivity contribution in [3.8, 4) is 0 Å². The summed E-state index contributed by atoms with van der Waals surface area (Å²) in [5, 5.41) is 0. The SMILES string of the molecule is CCCN(CCCl)C(=O)c1ccc(C)cc1. The molecule has 1 amide bonds. The third-order valence-corrected chi connectivity index (χ3v) is 2.60. The van der Waals surface area contributed by atoms with E-state index in [1.807, 2.05) is 31.2 Å². The number of alkyl halides is 1. The van der Waals surface area contributed by atoms with Crippen molar-refractivity contribution < 1.29 is 4.79 Å². The summed E-state index contributed by atoms with van der Waals surface area (Å²) < 4.78 is 0. The van der Waals surface area contributed by atoms with Crippen LogP contribution < -0.4 is 0 Å². The fourth-order valence-electron chi connectivity index (χ4n) is 1.57. The molecule has 0 aromatic heterocycles. The summed E-state index contributed by atoms with van der Waals surface area (Å²) in [5.41, 5.74) is 1.90. The second-order valence-corrected chi connectivity index (χ2v) is 4.23. The van der Waals surface area contributed by atoms with Crippen LogP contribution in [0.1, 0.15) is 29.3 Å². The molecule has 1 aromatic rings. The molecule has 2 nitrogen and oxygen atoms in total. The summed E-state index contributed by atoms with van der Waals surface area (Å²) in [6, 6.07) is 7.65. The molecule has 0 aliphatic carbocycles. The molecule has 0 aliphatic heterocycles. The van der Waals surface area contributed by atoms with Crippen molar-refractivity contribution >= 4 is 17.5 Å². The number of hydrogen-bond donors (Lipinski definition) is 0. The molecule has 0 fully saturated rings. The zero-order valence-corrected chi connectivity index (χ0v) is 10.6. The molecule has 1 rings (SSSR count). The zero-order chi connectivity index (χ0) is 12.0. The number of rotatable bonds is 5. The standard InChI is InChI=1S/C13H18ClNO/c1-3-9-15(10-8-14)13(16)12-6-4-11(2)5-7-12/h4-7H,3,8-10H2,1-2H3. The lowest BCUT2D eigenvalue weighted by molar-refractivity contribution is 0.0765.